The van der Waals surface area contributed by atoms with Gasteiger partial charge in [0.1, 0.15) is 17.3 Å². The second kappa shape index (κ2) is 8.37. The van der Waals surface area contributed by atoms with Crippen LogP contribution < -0.4 is 9.05 Å². The van der Waals surface area contributed by atoms with E-state index in [2.05, 4.69) is 19.1 Å². The molecule has 24 heavy (non-hydrogen) atoms. The van der Waals surface area contributed by atoms with E-state index in [9.17, 15) is 0 Å². The van der Waals surface area contributed by atoms with Crippen LogP contribution in [0.1, 0.15) is 6.92 Å². The molecule has 0 saturated carbocycles. The lowest BCUT2D eigenvalue weighted by molar-refractivity contribution is 0.340. The molecule has 0 N–H and O–H groups in total. The van der Waals surface area contributed by atoms with Crippen molar-refractivity contribution in [1.29, 1.82) is 0 Å². The van der Waals surface area contributed by atoms with Gasteiger partial charge in [0.2, 0.25) is 0 Å². The Morgan fingerprint density at radius 3 is 1.92 bits per heavy atom. The van der Waals surface area contributed by atoms with Crippen LogP contribution in [-0.4, -0.2) is 0 Å². The van der Waals surface area contributed by atoms with Gasteiger partial charge >= 0.3 is 8.60 Å². The first-order valence-corrected chi connectivity index (χ1v) is 8.90. The van der Waals surface area contributed by atoms with Gasteiger partial charge < -0.3 is 13.6 Å². The monoisotopic (exact) mass is 338 g/mol. The van der Waals surface area contributed by atoms with Gasteiger partial charge in [-0.05, 0) is 42.3 Å². The topological polar surface area (TPSA) is 27.7 Å². The van der Waals surface area contributed by atoms with Gasteiger partial charge in [-0.3, -0.25) is 0 Å². The molecule has 3 rings (SSSR count). The van der Waals surface area contributed by atoms with Gasteiger partial charge in [0.25, 0.3) is 0 Å². The van der Waals surface area contributed by atoms with Crippen LogP contribution >= 0.6 is 8.60 Å². The van der Waals surface area contributed by atoms with E-state index >= 15 is 0 Å². The first-order valence-electron chi connectivity index (χ1n) is 7.80. The van der Waals surface area contributed by atoms with E-state index in [1.54, 1.807) is 0 Å². The highest BCUT2D eigenvalue weighted by atomic mass is 31.2. The summed E-state index contributed by atoms with van der Waals surface area (Å²) in [4.78, 5) is 0. The van der Waals surface area contributed by atoms with Crippen molar-refractivity contribution in [2.45, 2.75) is 6.92 Å². The fraction of sp³-hybridized carbons (Fsp3) is 0.100. The lowest BCUT2D eigenvalue weighted by Gasteiger charge is -2.18. The van der Waals surface area contributed by atoms with Gasteiger partial charge in [-0.15, -0.1) is 0 Å². The lowest BCUT2D eigenvalue weighted by atomic mass is 10.2. The molecule has 122 valence electrons. The van der Waals surface area contributed by atoms with Crippen molar-refractivity contribution in [2.75, 3.05) is 0 Å². The molecule has 0 amide bonds. The average molecular weight is 338 g/mol. The van der Waals surface area contributed by atoms with Crippen molar-refractivity contribution in [2.24, 2.45) is 5.92 Å². The zero-order valence-corrected chi connectivity index (χ0v) is 14.3. The molecule has 0 spiro atoms. The second-order valence-electron chi connectivity index (χ2n) is 5.30. The Bertz CT molecular complexity index is 682. The number of benzene rings is 2. The molecular formula is C20H19O3P. The summed E-state index contributed by atoms with van der Waals surface area (Å²) in [6.07, 6.45) is 10.0. The fourth-order valence-corrected chi connectivity index (χ4v) is 3.02. The van der Waals surface area contributed by atoms with Crippen LogP contribution in [0.2, 0.25) is 0 Å². The van der Waals surface area contributed by atoms with Crippen LogP contribution in [0.4, 0.5) is 0 Å². The Hall–Kier alpha value is -2.51. The van der Waals surface area contributed by atoms with E-state index in [1.807, 2.05) is 78.9 Å². The van der Waals surface area contributed by atoms with Gasteiger partial charge in [0, 0.05) is 0 Å². The molecule has 1 aliphatic carbocycles. The van der Waals surface area contributed by atoms with Gasteiger partial charge in [-0.1, -0.05) is 61.5 Å². The van der Waals surface area contributed by atoms with Crippen LogP contribution in [0.3, 0.4) is 0 Å². The minimum absolute atomic E-state index is 0.374. The third kappa shape index (κ3) is 5.00. The second-order valence-corrected chi connectivity index (χ2v) is 6.29. The third-order valence-electron chi connectivity index (χ3n) is 3.27. The summed E-state index contributed by atoms with van der Waals surface area (Å²) in [6.45, 7) is 2.12. The maximum atomic E-state index is 5.97. The number of allylic oxidation sites excluding steroid dienone is 5. The van der Waals surface area contributed by atoms with Crippen molar-refractivity contribution >= 4 is 8.60 Å². The summed E-state index contributed by atoms with van der Waals surface area (Å²) >= 11 is 0. The molecule has 0 aliphatic heterocycles. The number of hydrogen-bond donors (Lipinski definition) is 0. The summed E-state index contributed by atoms with van der Waals surface area (Å²) in [5.41, 5.74) is 0. The van der Waals surface area contributed by atoms with E-state index in [0.29, 0.717) is 23.2 Å². The highest BCUT2D eigenvalue weighted by Crippen LogP contribution is 2.43. The summed E-state index contributed by atoms with van der Waals surface area (Å²) < 4.78 is 17.8. The predicted molar refractivity (Wildman–Crippen MR) is 97.7 cm³/mol. The lowest BCUT2D eigenvalue weighted by Crippen LogP contribution is -1.99. The quantitative estimate of drug-likeness (QED) is 0.602. The minimum Gasteiger partial charge on any atom is -0.409 e. The number of para-hydroxylation sites is 2. The zero-order chi connectivity index (χ0) is 16.6. The van der Waals surface area contributed by atoms with Crippen molar-refractivity contribution in [3.8, 4) is 11.5 Å². The van der Waals surface area contributed by atoms with E-state index in [-0.39, 0.29) is 0 Å². The van der Waals surface area contributed by atoms with Crippen LogP contribution in [0.25, 0.3) is 0 Å². The molecule has 2 aromatic carbocycles. The highest BCUT2D eigenvalue weighted by molar-refractivity contribution is 7.42. The molecule has 1 unspecified atom stereocenters. The van der Waals surface area contributed by atoms with Gasteiger partial charge in [-0.25, -0.2) is 0 Å². The molecule has 3 nitrogen and oxygen atoms in total. The van der Waals surface area contributed by atoms with E-state index < -0.39 is 8.60 Å². The molecule has 1 aliphatic rings. The molecule has 0 aromatic heterocycles. The van der Waals surface area contributed by atoms with Crippen LogP contribution in [0.5, 0.6) is 11.5 Å². The SMILES string of the molecule is CC1C=CC=C(OP(Oc2ccccc2)Oc2ccccc2)C=C1. The summed E-state index contributed by atoms with van der Waals surface area (Å²) in [5, 5.41) is 0. The fourth-order valence-electron chi connectivity index (χ4n) is 2.03. The Labute approximate surface area is 143 Å². The maximum absolute atomic E-state index is 5.97. The molecular weight excluding hydrogens is 319 g/mol. The normalized spacial score (nSPS) is 16.4. The molecule has 0 bridgehead atoms. The van der Waals surface area contributed by atoms with Gasteiger partial charge in [0.05, 0.1) is 0 Å². The smallest absolute Gasteiger partial charge is 0.409 e. The van der Waals surface area contributed by atoms with Crippen LogP contribution in [0, 0.1) is 5.92 Å². The average Bonchev–Trinajstić information content (AvgIpc) is 2.81. The Morgan fingerprint density at radius 2 is 1.33 bits per heavy atom. The first-order chi connectivity index (χ1) is 11.8. The van der Waals surface area contributed by atoms with Gasteiger partial charge in [-0.2, -0.15) is 0 Å². The molecule has 4 heteroatoms. The summed E-state index contributed by atoms with van der Waals surface area (Å²) in [5.74, 6) is 2.51. The summed E-state index contributed by atoms with van der Waals surface area (Å²) in [7, 11) is -1.62. The van der Waals surface area contributed by atoms with Crippen LogP contribution in [0.15, 0.2) is 96.8 Å². The number of rotatable bonds is 6. The largest absolute Gasteiger partial charge is 0.530 e. The summed E-state index contributed by atoms with van der Waals surface area (Å²) in [6, 6.07) is 19.1. The molecule has 0 radical (unpaired) electrons. The van der Waals surface area contributed by atoms with Crippen molar-refractivity contribution in [3.63, 3.8) is 0 Å². The van der Waals surface area contributed by atoms with Crippen molar-refractivity contribution in [1.82, 2.24) is 0 Å². The molecule has 0 fully saturated rings. The standard InChI is InChI=1S/C20H19O3P/c1-17-9-8-14-20(16-15-17)23-24(21-18-10-4-2-5-11-18)22-19-12-6-3-7-13-19/h2-17H,1H3. The van der Waals surface area contributed by atoms with E-state index in [4.69, 9.17) is 13.6 Å². The van der Waals surface area contributed by atoms with E-state index in [1.165, 1.54) is 0 Å². The predicted octanol–water partition coefficient (Wildman–Crippen LogP) is 6.03. The number of hydrogen-bond acceptors (Lipinski definition) is 3. The Morgan fingerprint density at radius 1 is 0.750 bits per heavy atom. The third-order valence-corrected chi connectivity index (χ3v) is 4.35. The Kier molecular flexibility index (Phi) is 5.70. The van der Waals surface area contributed by atoms with Crippen LogP contribution in [-0.2, 0) is 4.52 Å². The highest BCUT2D eigenvalue weighted by Gasteiger charge is 2.20. The van der Waals surface area contributed by atoms with Gasteiger partial charge in [0.15, 0.2) is 0 Å². The zero-order valence-electron chi connectivity index (χ0n) is 13.4. The molecule has 0 saturated heterocycles. The minimum atomic E-state index is -1.62. The molecule has 0 heterocycles. The van der Waals surface area contributed by atoms with E-state index in [0.717, 1.165) is 0 Å². The van der Waals surface area contributed by atoms with Crippen molar-refractivity contribution in [3.05, 3.63) is 96.8 Å². The Balaban J connectivity index is 1.75. The van der Waals surface area contributed by atoms with Crippen molar-refractivity contribution < 1.29 is 13.6 Å². The maximum Gasteiger partial charge on any atom is 0.530 e. The first kappa shape index (κ1) is 16.4. The molecule has 1 atom stereocenters. The molecule has 2 aromatic rings.